The van der Waals surface area contributed by atoms with Crippen molar-refractivity contribution in [2.24, 2.45) is 0 Å². The van der Waals surface area contributed by atoms with Gasteiger partial charge in [-0.1, -0.05) is 78.6 Å². The summed E-state index contributed by atoms with van der Waals surface area (Å²) in [5, 5.41) is 3.10. The number of carbonyl (C=O) groups excluding carboxylic acids is 2. The van der Waals surface area contributed by atoms with Crippen LogP contribution in [0.15, 0.2) is 108 Å². The quantitative estimate of drug-likeness (QED) is 0.185. The first kappa shape index (κ1) is 32.8. The zero-order valence-corrected chi connectivity index (χ0v) is 27.4. The minimum absolute atomic E-state index is 0.0626. The fraction of sp³-hybridized carbons (Fsp3) is 0.297. The van der Waals surface area contributed by atoms with E-state index in [1.54, 1.807) is 43.3 Å². The highest BCUT2D eigenvalue weighted by molar-refractivity contribution is 7.92. The molecule has 0 aromatic heterocycles. The average Bonchev–Trinajstić information content (AvgIpc) is 3.57. The lowest BCUT2D eigenvalue weighted by molar-refractivity contribution is -0.139. The van der Waals surface area contributed by atoms with Crippen molar-refractivity contribution in [3.8, 4) is 11.5 Å². The van der Waals surface area contributed by atoms with Gasteiger partial charge in [0.1, 0.15) is 24.1 Å². The molecule has 240 valence electrons. The first-order valence-corrected chi connectivity index (χ1v) is 17.1. The van der Waals surface area contributed by atoms with Gasteiger partial charge < -0.3 is 15.0 Å². The number of sulfonamides is 1. The smallest absolute Gasteiger partial charge is 0.264 e. The molecule has 1 saturated carbocycles. The largest absolute Gasteiger partial charge is 0.457 e. The van der Waals surface area contributed by atoms with Crippen molar-refractivity contribution in [2.45, 2.75) is 70.0 Å². The molecule has 0 aliphatic heterocycles. The summed E-state index contributed by atoms with van der Waals surface area (Å²) in [6.07, 6.45) is 3.95. The fourth-order valence-corrected chi connectivity index (χ4v) is 6.95. The molecule has 0 unspecified atom stereocenters. The maximum Gasteiger partial charge on any atom is 0.264 e. The number of hydrogen-bond donors (Lipinski definition) is 1. The van der Waals surface area contributed by atoms with Gasteiger partial charge in [-0.05, 0) is 87.7 Å². The van der Waals surface area contributed by atoms with Crippen molar-refractivity contribution >= 4 is 27.5 Å². The molecule has 1 aliphatic rings. The SMILES string of the molecule is Cc1ccc(CN(C(=O)CN(c2ccc(Oc3ccccc3)cc2)S(=O)(=O)c2ccc(C)cc2)[C@H](C)C(=O)NC2CCCC2)cc1. The van der Waals surface area contributed by atoms with E-state index in [4.69, 9.17) is 4.74 Å². The molecular weight excluding hydrogens is 598 g/mol. The zero-order valence-electron chi connectivity index (χ0n) is 26.6. The lowest BCUT2D eigenvalue weighted by Crippen LogP contribution is -2.52. The summed E-state index contributed by atoms with van der Waals surface area (Å²) >= 11 is 0. The van der Waals surface area contributed by atoms with Gasteiger partial charge in [-0.3, -0.25) is 13.9 Å². The Kier molecular flexibility index (Phi) is 10.4. The predicted molar refractivity (Wildman–Crippen MR) is 180 cm³/mol. The molecule has 46 heavy (non-hydrogen) atoms. The normalized spacial score (nSPS) is 14.0. The molecule has 4 aromatic rings. The van der Waals surface area contributed by atoms with E-state index in [1.807, 2.05) is 68.4 Å². The Morgan fingerprint density at radius 3 is 1.98 bits per heavy atom. The molecule has 0 radical (unpaired) electrons. The number of nitrogens with zero attached hydrogens (tertiary/aromatic N) is 2. The molecular formula is C37H41N3O5S. The highest BCUT2D eigenvalue weighted by Crippen LogP contribution is 2.29. The van der Waals surface area contributed by atoms with Gasteiger partial charge in [0.2, 0.25) is 11.8 Å². The summed E-state index contributed by atoms with van der Waals surface area (Å²) < 4.78 is 35.3. The summed E-state index contributed by atoms with van der Waals surface area (Å²) in [5.41, 5.74) is 3.13. The highest BCUT2D eigenvalue weighted by Gasteiger charge is 2.33. The van der Waals surface area contributed by atoms with Gasteiger partial charge in [-0.15, -0.1) is 0 Å². The average molecular weight is 640 g/mol. The summed E-state index contributed by atoms with van der Waals surface area (Å²) in [6.45, 7) is 5.21. The Bertz CT molecular complexity index is 1720. The fourth-order valence-electron chi connectivity index (χ4n) is 5.54. The van der Waals surface area contributed by atoms with E-state index >= 15 is 0 Å². The molecule has 0 bridgehead atoms. The second kappa shape index (κ2) is 14.6. The number of benzene rings is 4. The topological polar surface area (TPSA) is 96.0 Å². The van der Waals surface area contributed by atoms with E-state index in [0.717, 1.165) is 46.7 Å². The third kappa shape index (κ3) is 8.14. The van der Waals surface area contributed by atoms with Crippen LogP contribution >= 0.6 is 0 Å². The lowest BCUT2D eigenvalue weighted by Gasteiger charge is -2.32. The number of para-hydroxylation sites is 1. The minimum Gasteiger partial charge on any atom is -0.457 e. The Morgan fingerprint density at radius 2 is 1.37 bits per heavy atom. The number of anilines is 1. The number of nitrogens with one attached hydrogen (secondary N) is 1. The maximum absolute atomic E-state index is 14.2. The highest BCUT2D eigenvalue weighted by atomic mass is 32.2. The Labute approximate surface area is 272 Å². The maximum atomic E-state index is 14.2. The molecule has 1 atom stereocenters. The van der Waals surface area contributed by atoms with Crippen LogP contribution in [-0.2, 0) is 26.2 Å². The first-order chi connectivity index (χ1) is 22.1. The molecule has 8 nitrogen and oxygen atoms in total. The van der Waals surface area contributed by atoms with Gasteiger partial charge >= 0.3 is 0 Å². The van der Waals surface area contributed by atoms with Crippen LogP contribution in [0.4, 0.5) is 5.69 Å². The molecule has 1 fully saturated rings. The molecule has 1 aliphatic carbocycles. The molecule has 9 heteroatoms. The molecule has 0 saturated heterocycles. The first-order valence-electron chi connectivity index (χ1n) is 15.7. The Balaban J connectivity index is 1.46. The van der Waals surface area contributed by atoms with E-state index in [0.29, 0.717) is 17.2 Å². The van der Waals surface area contributed by atoms with E-state index in [-0.39, 0.29) is 23.4 Å². The minimum atomic E-state index is -4.17. The van der Waals surface area contributed by atoms with Gasteiger partial charge in [0.05, 0.1) is 10.6 Å². The van der Waals surface area contributed by atoms with Crippen molar-refractivity contribution in [2.75, 3.05) is 10.8 Å². The van der Waals surface area contributed by atoms with Gasteiger partial charge in [-0.2, -0.15) is 0 Å². The van der Waals surface area contributed by atoms with Crippen molar-refractivity contribution in [1.29, 1.82) is 0 Å². The number of rotatable bonds is 12. The molecule has 2 amide bonds. The number of hydrogen-bond acceptors (Lipinski definition) is 5. The van der Waals surface area contributed by atoms with Crippen LogP contribution in [0.25, 0.3) is 0 Å². The van der Waals surface area contributed by atoms with Crippen molar-refractivity contribution in [1.82, 2.24) is 10.2 Å². The van der Waals surface area contributed by atoms with Crippen LogP contribution in [-0.4, -0.2) is 43.8 Å². The number of aryl methyl sites for hydroxylation is 2. The third-order valence-electron chi connectivity index (χ3n) is 8.33. The summed E-state index contributed by atoms with van der Waals surface area (Å²) in [4.78, 5) is 29.2. The van der Waals surface area contributed by atoms with E-state index in [1.165, 1.54) is 17.0 Å². The van der Waals surface area contributed by atoms with Crippen molar-refractivity contribution in [3.05, 3.63) is 120 Å². The standard InChI is InChI=1S/C37H41N3O5S/c1-27-13-17-30(18-14-27)25-39(29(3)37(42)38-31-9-7-8-10-31)36(41)26-40(46(43,44)35-23-15-28(2)16-24-35)32-19-21-34(22-20-32)45-33-11-5-4-6-12-33/h4-6,11-24,29,31H,7-10,25-26H2,1-3H3,(H,38,42)/t29-/m1/s1. The van der Waals surface area contributed by atoms with Crippen LogP contribution in [0.1, 0.15) is 49.3 Å². The van der Waals surface area contributed by atoms with Gasteiger partial charge in [0.15, 0.2) is 0 Å². The number of carbonyl (C=O) groups is 2. The Morgan fingerprint density at radius 1 is 0.804 bits per heavy atom. The van der Waals surface area contributed by atoms with Gasteiger partial charge in [0.25, 0.3) is 10.0 Å². The molecule has 0 heterocycles. The van der Waals surface area contributed by atoms with Crippen LogP contribution in [0.3, 0.4) is 0 Å². The third-order valence-corrected chi connectivity index (χ3v) is 10.1. The summed E-state index contributed by atoms with van der Waals surface area (Å²) in [7, 11) is -4.17. The zero-order chi connectivity index (χ0) is 32.7. The summed E-state index contributed by atoms with van der Waals surface area (Å²) in [5.74, 6) is 0.427. The molecule has 1 N–H and O–H groups in total. The number of ether oxygens (including phenoxy) is 1. The van der Waals surface area contributed by atoms with Crippen molar-refractivity contribution in [3.63, 3.8) is 0 Å². The lowest BCUT2D eigenvalue weighted by atomic mass is 10.1. The van der Waals surface area contributed by atoms with Gasteiger partial charge in [-0.25, -0.2) is 8.42 Å². The van der Waals surface area contributed by atoms with E-state index in [9.17, 15) is 18.0 Å². The second-order valence-corrected chi connectivity index (χ2v) is 13.8. The van der Waals surface area contributed by atoms with E-state index < -0.39 is 28.5 Å². The van der Waals surface area contributed by atoms with Crippen LogP contribution < -0.4 is 14.4 Å². The van der Waals surface area contributed by atoms with Gasteiger partial charge in [0, 0.05) is 12.6 Å². The van der Waals surface area contributed by atoms with Crippen LogP contribution in [0.5, 0.6) is 11.5 Å². The molecule has 5 rings (SSSR count). The Hall–Kier alpha value is -4.63. The van der Waals surface area contributed by atoms with Crippen molar-refractivity contribution < 1.29 is 22.7 Å². The summed E-state index contributed by atoms with van der Waals surface area (Å²) in [6, 6.07) is 29.4. The second-order valence-electron chi connectivity index (χ2n) is 11.9. The predicted octanol–water partition coefficient (Wildman–Crippen LogP) is 6.77. The number of amides is 2. The van der Waals surface area contributed by atoms with Crippen LogP contribution in [0, 0.1) is 13.8 Å². The van der Waals surface area contributed by atoms with Crippen LogP contribution in [0.2, 0.25) is 0 Å². The molecule has 4 aromatic carbocycles. The van der Waals surface area contributed by atoms with E-state index in [2.05, 4.69) is 5.32 Å². The molecule has 0 spiro atoms. The monoisotopic (exact) mass is 639 g/mol.